The maximum absolute atomic E-state index is 12.9. The monoisotopic (exact) mass is 194 g/mol. The maximum Gasteiger partial charge on any atom is 0.123 e. The third-order valence-corrected chi connectivity index (χ3v) is 2.48. The molecule has 1 aromatic carbocycles. The van der Waals surface area contributed by atoms with Crippen LogP contribution in [0.2, 0.25) is 0 Å². The van der Waals surface area contributed by atoms with Crippen molar-refractivity contribution >= 4 is 0 Å². The zero-order chi connectivity index (χ0) is 9.97. The fourth-order valence-corrected chi connectivity index (χ4v) is 1.44. The van der Waals surface area contributed by atoms with Gasteiger partial charge in [0.25, 0.3) is 0 Å². The average Bonchev–Trinajstić information content (AvgIpc) is 2.97. The van der Waals surface area contributed by atoms with E-state index in [0.717, 1.165) is 12.1 Å². The summed E-state index contributed by atoms with van der Waals surface area (Å²) in [5, 5.41) is 3.33. The van der Waals surface area contributed by atoms with Gasteiger partial charge in [0.15, 0.2) is 0 Å². The summed E-state index contributed by atoms with van der Waals surface area (Å²) >= 11 is 0. The van der Waals surface area contributed by atoms with Gasteiger partial charge in [-0.3, -0.25) is 0 Å². The Balaban J connectivity index is 1.91. The molecule has 0 bridgehead atoms. The summed E-state index contributed by atoms with van der Waals surface area (Å²) in [6, 6.07) is 7.04. The Labute approximate surface area is 83.3 Å². The molecular weight excluding hydrogens is 179 g/mol. The largest absolute Gasteiger partial charge is 0.323 e. The van der Waals surface area contributed by atoms with Crippen LogP contribution in [0, 0.1) is 5.82 Å². The first-order chi connectivity index (χ1) is 6.75. The van der Waals surface area contributed by atoms with Crippen molar-refractivity contribution in [1.29, 1.82) is 0 Å². The smallest absolute Gasteiger partial charge is 0.123 e. The van der Waals surface area contributed by atoms with Crippen molar-refractivity contribution in [3.8, 4) is 0 Å². The second-order valence-corrected chi connectivity index (χ2v) is 3.84. The summed E-state index contributed by atoms with van der Waals surface area (Å²) in [5.41, 5.74) is 6.77. The van der Waals surface area contributed by atoms with Gasteiger partial charge >= 0.3 is 0 Å². The van der Waals surface area contributed by atoms with Crippen molar-refractivity contribution in [3.05, 3.63) is 35.6 Å². The maximum atomic E-state index is 12.9. The summed E-state index contributed by atoms with van der Waals surface area (Å²) in [5.74, 6) is -0.218. The Bertz CT molecular complexity index is 310. The Hall–Kier alpha value is -0.930. The summed E-state index contributed by atoms with van der Waals surface area (Å²) in [6.07, 6.45) is 2.49. The lowest BCUT2D eigenvalue weighted by molar-refractivity contribution is 0.584. The molecule has 2 nitrogen and oxygen atoms in total. The molecule has 0 aliphatic heterocycles. The quantitative estimate of drug-likeness (QED) is 0.763. The second-order valence-electron chi connectivity index (χ2n) is 3.84. The van der Waals surface area contributed by atoms with Crippen LogP contribution in [-0.2, 0) is 0 Å². The topological polar surface area (TPSA) is 38.0 Å². The lowest BCUT2D eigenvalue weighted by atomic mass is 10.1. The van der Waals surface area contributed by atoms with Crippen LogP contribution in [0.4, 0.5) is 4.39 Å². The van der Waals surface area contributed by atoms with E-state index in [1.54, 1.807) is 6.07 Å². The lowest BCUT2D eigenvalue weighted by Crippen LogP contribution is -2.28. The van der Waals surface area contributed by atoms with E-state index >= 15 is 0 Å². The predicted octanol–water partition coefficient (Wildman–Crippen LogP) is 1.58. The molecule has 76 valence electrons. The SMILES string of the molecule is NC(CNC1CC1)c1cccc(F)c1. The number of hydrogen-bond acceptors (Lipinski definition) is 2. The normalized spacial score (nSPS) is 18.1. The van der Waals surface area contributed by atoms with Crippen LogP contribution < -0.4 is 11.1 Å². The van der Waals surface area contributed by atoms with Crippen molar-refractivity contribution in [3.63, 3.8) is 0 Å². The van der Waals surface area contributed by atoms with Gasteiger partial charge in [0.2, 0.25) is 0 Å². The zero-order valence-corrected chi connectivity index (χ0v) is 8.04. The molecule has 1 saturated carbocycles. The fourth-order valence-electron chi connectivity index (χ4n) is 1.44. The van der Waals surface area contributed by atoms with Crippen LogP contribution in [0.15, 0.2) is 24.3 Å². The van der Waals surface area contributed by atoms with E-state index in [4.69, 9.17) is 5.73 Å². The van der Waals surface area contributed by atoms with Gasteiger partial charge in [-0.1, -0.05) is 12.1 Å². The van der Waals surface area contributed by atoms with Gasteiger partial charge in [-0.25, -0.2) is 4.39 Å². The molecule has 2 rings (SSSR count). The Morgan fingerprint density at radius 2 is 2.29 bits per heavy atom. The van der Waals surface area contributed by atoms with Crippen molar-refractivity contribution in [2.75, 3.05) is 6.54 Å². The van der Waals surface area contributed by atoms with E-state index < -0.39 is 0 Å². The molecule has 1 fully saturated rings. The van der Waals surface area contributed by atoms with E-state index in [0.29, 0.717) is 6.04 Å². The van der Waals surface area contributed by atoms with Crippen LogP contribution in [0.5, 0.6) is 0 Å². The number of benzene rings is 1. The minimum atomic E-state index is -0.218. The number of halogens is 1. The van der Waals surface area contributed by atoms with Crippen molar-refractivity contribution < 1.29 is 4.39 Å². The molecule has 3 heteroatoms. The highest BCUT2D eigenvalue weighted by molar-refractivity contribution is 5.20. The summed E-state index contributed by atoms with van der Waals surface area (Å²) < 4.78 is 12.9. The molecule has 0 radical (unpaired) electrons. The minimum Gasteiger partial charge on any atom is -0.323 e. The number of nitrogens with one attached hydrogen (secondary N) is 1. The first-order valence-corrected chi connectivity index (χ1v) is 5.00. The molecule has 1 unspecified atom stereocenters. The first kappa shape index (κ1) is 9.62. The standard InChI is InChI=1S/C11H15FN2/c12-9-3-1-2-8(6-9)11(13)7-14-10-4-5-10/h1-3,6,10-11,14H,4-5,7,13H2. The van der Waals surface area contributed by atoms with Crippen molar-refractivity contribution in [1.82, 2.24) is 5.32 Å². The van der Waals surface area contributed by atoms with E-state index in [2.05, 4.69) is 5.32 Å². The van der Waals surface area contributed by atoms with Gasteiger partial charge in [-0.2, -0.15) is 0 Å². The third-order valence-electron chi connectivity index (χ3n) is 2.48. The predicted molar refractivity (Wildman–Crippen MR) is 54.4 cm³/mol. The third kappa shape index (κ3) is 2.53. The molecule has 0 heterocycles. The van der Waals surface area contributed by atoms with Gasteiger partial charge in [0.1, 0.15) is 5.82 Å². The first-order valence-electron chi connectivity index (χ1n) is 5.00. The minimum absolute atomic E-state index is 0.105. The molecule has 0 amide bonds. The van der Waals surface area contributed by atoms with E-state index in [1.165, 1.54) is 25.0 Å². The van der Waals surface area contributed by atoms with E-state index in [1.807, 2.05) is 6.07 Å². The average molecular weight is 194 g/mol. The van der Waals surface area contributed by atoms with E-state index in [9.17, 15) is 4.39 Å². The van der Waals surface area contributed by atoms with Crippen LogP contribution in [0.3, 0.4) is 0 Å². The Morgan fingerprint density at radius 3 is 2.93 bits per heavy atom. The fraction of sp³-hybridized carbons (Fsp3) is 0.455. The molecule has 0 saturated heterocycles. The summed E-state index contributed by atoms with van der Waals surface area (Å²) in [6.45, 7) is 0.730. The highest BCUT2D eigenvalue weighted by atomic mass is 19.1. The summed E-state index contributed by atoms with van der Waals surface area (Å²) in [4.78, 5) is 0. The van der Waals surface area contributed by atoms with Crippen molar-refractivity contribution in [2.24, 2.45) is 5.73 Å². The highest BCUT2D eigenvalue weighted by Gasteiger charge is 2.21. The highest BCUT2D eigenvalue weighted by Crippen LogP contribution is 2.19. The summed E-state index contributed by atoms with van der Waals surface area (Å²) in [7, 11) is 0. The van der Waals surface area contributed by atoms with Gasteiger partial charge in [-0.15, -0.1) is 0 Å². The molecular formula is C11H15FN2. The Kier molecular flexibility index (Phi) is 2.79. The van der Waals surface area contributed by atoms with Crippen LogP contribution in [0.25, 0.3) is 0 Å². The van der Waals surface area contributed by atoms with Crippen LogP contribution >= 0.6 is 0 Å². The van der Waals surface area contributed by atoms with Gasteiger partial charge in [0.05, 0.1) is 0 Å². The van der Waals surface area contributed by atoms with Gasteiger partial charge < -0.3 is 11.1 Å². The lowest BCUT2D eigenvalue weighted by Gasteiger charge is -2.12. The molecule has 3 N–H and O–H groups in total. The van der Waals surface area contributed by atoms with E-state index in [-0.39, 0.29) is 11.9 Å². The molecule has 1 aliphatic rings. The Morgan fingerprint density at radius 1 is 1.50 bits per heavy atom. The van der Waals surface area contributed by atoms with Gasteiger partial charge in [0, 0.05) is 18.6 Å². The van der Waals surface area contributed by atoms with Crippen molar-refractivity contribution in [2.45, 2.75) is 24.9 Å². The van der Waals surface area contributed by atoms with Crippen LogP contribution in [-0.4, -0.2) is 12.6 Å². The molecule has 1 aliphatic carbocycles. The number of rotatable bonds is 4. The zero-order valence-electron chi connectivity index (χ0n) is 8.04. The van der Waals surface area contributed by atoms with Crippen LogP contribution in [0.1, 0.15) is 24.4 Å². The molecule has 14 heavy (non-hydrogen) atoms. The number of nitrogens with two attached hydrogens (primary N) is 1. The molecule has 1 atom stereocenters. The molecule has 0 aromatic heterocycles. The number of hydrogen-bond donors (Lipinski definition) is 2. The second kappa shape index (κ2) is 4.07. The molecule has 0 spiro atoms. The van der Waals surface area contributed by atoms with Gasteiger partial charge in [-0.05, 0) is 30.5 Å². The molecule has 1 aromatic rings.